The fraction of sp³-hybridized carbons (Fsp3) is 0.267. The van der Waals surface area contributed by atoms with Gasteiger partial charge in [-0.1, -0.05) is 28.1 Å². The largest absolute Gasteiger partial charge is 0.469 e. The minimum absolute atomic E-state index is 0.0155. The first-order valence-electron chi connectivity index (χ1n) is 6.05. The molecule has 1 aromatic heterocycles. The van der Waals surface area contributed by atoms with Crippen molar-refractivity contribution in [2.75, 3.05) is 7.05 Å². The van der Waals surface area contributed by atoms with E-state index in [4.69, 9.17) is 4.42 Å². The predicted octanol–water partition coefficient (Wildman–Crippen LogP) is 3.76. The van der Waals surface area contributed by atoms with Crippen LogP contribution in [0.5, 0.6) is 0 Å². The molecule has 3 nitrogen and oxygen atoms in total. The van der Waals surface area contributed by atoms with Gasteiger partial charge >= 0.3 is 0 Å². The van der Waals surface area contributed by atoms with E-state index < -0.39 is 0 Å². The molecule has 4 heteroatoms. The van der Waals surface area contributed by atoms with Gasteiger partial charge in [-0.25, -0.2) is 0 Å². The average Bonchev–Trinajstić information content (AvgIpc) is 2.83. The average molecular weight is 322 g/mol. The molecule has 0 aliphatic rings. The summed E-state index contributed by atoms with van der Waals surface area (Å²) in [6.07, 6.45) is 1.65. The molecular weight excluding hydrogens is 306 g/mol. The van der Waals surface area contributed by atoms with Gasteiger partial charge in [0.1, 0.15) is 5.76 Å². The number of carbonyl (C=O) groups excluding carboxylic acids is 1. The van der Waals surface area contributed by atoms with Crippen LogP contribution in [-0.2, 0) is 11.9 Å². The molecule has 0 unspecified atom stereocenters. The quantitative estimate of drug-likeness (QED) is 0.803. The SMILES string of the molecule is Cc1occc1CN(C)C(=O)c1ccc(CBr)cc1. The normalized spacial score (nSPS) is 10.5. The van der Waals surface area contributed by atoms with Gasteiger partial charge in [-0.3, -0.25) is 4.79 Å². The molecule has 1 heterocycles. The van der Waals surface area contributed by atoms with Gasteiger partial charge in [0, 0.05) is 30.0 Å². The van der Waals surface area contributed by atoms with Crippen LogP contribution in [0, 0.1) is 6.92 Å². The molecule has 0 radical (unpaired) electrons. The van der Waals surface area contributed by atoms with E-state index in [1.807, 2.05) is 37.3 Å². The van der Waals surface area contributed by atoms with Crippen molar-refractivity contribution in [3.63, 3.8) is 0 Å². The van der Waals surface area contributed by atoms with Crippen LogP contribution in [0.3, 0.4) is 0 Å². The third kappa shape index (κ3) is 3.26. The maximum atomic E-state index is 12.3. The van der Waals surface area contributed by atoms with E-state index in [1.165, 1.54) is 0 Å². The number of hydrogen-bond donors (Lipinski definition) is 0. The molecule has 0 saturated heterocycles. The van der Waals surface area contributed by atoms with Crippen LogP contribution >= 0.6 is 15.9 Å². The minimum atomic E-state index is 0.0155. The first kappa shape index (κ1) is 13.9. The summed E-state index contributed by atoms with van der Waals surface area (Å²) in [7, 11) is 1.80. The van der Waals surface area contributed by atoms with E-state index in [1.54, 1.807) is 18.2 Å². The Labute approximate surface area is 121 Å². The molecule has 0 atom stereocenters. The Bertz CT molecular complexity index is 560. The highest BCUT2D eigenvalue weighted by atomic mass is 79.9. The van der Waals surface area contributed by atoms with E-state index in [2.05, 4.69) is 15.9 Å². The molecule has 2 aromatic rings. The highest BCUT2D eigenvalue weighted by Gasteiger charge is 2.13. The summed E-state index contributed by atoms with van der Waals surface area (Å²) in [5.41, 5.74) is 2.89. The summed E-state index contributed by atoms with van der Waals surface area (Å²) in [6.45, 7) is 2.46. The first-order valence-corrected chi connectivity index (χ1v) is 7.17. The number of furan rings is 1. The van der Waals surface area contributed by atoms with Crippen LogP contribution in [0.2, 0.25) is 0 Å². The number of halogens is 1. The molecule has 0 spiro atoms. The topological polar surface area (TPSA) is 33.5 Å². The lowest BCUT2D eigenvalue weighted by Gasteiger charge is -2.17. The Balaban J connectivity index is 2.08. The van der Waals surface area contributed by atoms with Gasteiger partial charge in [0.05, 0.1) is 6.26 Å². The summed E-state index contributed by atoms with van der Waals surface area (Å²) in [6, 6.07) is 9.53. The summed E-state index contributed by atoms with van der Waals surface area (Å²) < 4.78 is 5.24. The fourth-order valence-electron chi connectivity index (χ4n) is 1.86. The van der Waals surface area contributed by atoms with Gasteiger partial charge in [-0.15, -0.1) is 0 Å². The van der Waals surface area contributed by atoms with Crippen molar-refractivity contribution >= 4 is 21.8 Å². The number of benzene rings is 1. The lowest BCUT2D eigenvalue weighted by atomic mass is 10.1. The monoisotopic (exact) mass is 321 g/mol. The van der Waals surface area contributed by atoms with E-state index in [-0.39, 0.29) is 5.91 Å². The molecule has 0 N–H and O–H groups in total. The Hall–Kier alpha value is -1.55. The zero-order chi connectivity index (χ0) is 13.8. The number of amides is 1. The van der Waals surface area contributed by atoms with Crippen LogP contribution < -0.4 is 0 Å². The highest BCUT2D eigenvalue weighted by Crippen LogP contribution is 2.14. The van der Waals surface area contributed by atoms with Gasteiger partial charge in [0.25, 0.3) is 5.91 Å². The smallest absolute Gasteiger partial charge is 0.253 e. The van der Waals surface area contributed by atoms with Crippen LogP contribution in [0.1, 0.15) is 27.2 Å². The van der Waals surface area contributed by atoms with E-state index in [0.29, 0.717) is 12.1 Å². The van der Waals surface area contributed by atoms with Crippen molar-refractivity contribution in [1.29, 1.82) is 0 Å². The van der Waals surface area contributed by atoms with E-state index in [0.717, 1.165) is 22.2 Å². The van der Waals surface area contributed by atoms with Crippen molar-refractivity contribution in [1.82, 2.24) is 4.90 Å². The number of alkyl halides is 1. The van der Waals surface area contributed by atoms with Crippen LogP contribution in [0.25, 0.3) is 0 Å². The van der Waals surface area contributed by atoms with Crippen molar-refractivity contribution in [2.45, 2.75) is 18.8 Å². The van der Waals surface area contributed by atoms with Gasteiger partial charge in [-0.2, -0.15) is 0 Å². The number of hydrogen-bond acceptors (Lipinski definition) is 2. The van der Waals surface area contributed by atoms with Crippen LogP contribution in [0.4, 0.5) is 0 Å². The zero-order valence-corrected chi connectivity index (χ0v) is 12.6. The molecule has 0 saturated carbocycles. The molecule has 0 bridgehead atoms. The van der Waals surface area contributed by atoms with Crippen molar-refractivity contribution < 1.29 is 9.21 Å². The van der Waals surface area contributed by atoms with Gasteiger partial charge in [0.15, 0.2) is 0 Å². The second kappa shape index (κ2) is 6.06. The second-order valence-corrected chi connectivity index (χ2v) is 5.05. The number of aryl methyl sites for hydroxylation is 1. The summed E-state index contributed by atoms with van der Waals surface area (Å²) in [5.74, 6) is 0.871. The minimum Gasteiger partial charge on any atom is -0.469 e. The number of carbonyl (C=O) groups is 1. The lowest BCUT2D eigenvalue weighted by molar-refractivity contribution is 0.0784. The van der Waals surface area contributed by atoms with Crippen molar-refractivity contribution in [3.8, 4) is 0 Å². The Kier molecular flexibility index (Phi) is 4.43. The lowest BCUT2D eigenvalue weighted by Crippen LogP contribution is -2.26. The molecule has 2 rings (SSSR count). The van der Waals surface area contributed by atoms with Crippen LogP contribution in [0.15, 0.2) is 41.0 Å². The standard InChI is InChI=1S/C15H16BrNO2/c1-11-14(7-8-19-11)10-17(2)15(18)13-5-3-12(9-16)4-6-13/h3-8H,9-10H2,1-2H3. The Morgan fingerprint density at radius 1 is 1.26 bits per heavy atom. The van der Waals surface area contributed by atoms with Gasteiger partial charge < -0.3 is 9.32 Å². The Morgan fingerprint density at radius 2 is 1.95 bits per heavy atom. The van der Waals surface area contributed by atoms with E-state index in [9.17, 15) is 4.79 Å². The summed E-state index contributed by atoms with van der Waals surface area (Å²) in [5, 5.41) is 0.797. The molecule has 0 aliphatic carbocycles. The molecule has 0 fully saturated rings. The molecule has 19 heavy (non-hydrogen) atoms. The summed E-state index contributed by atoms with van der Waals surface area (Å²) >= 11 is 3.39. The zero-order valence-electron chi connectivity index (χ0n) is 11.0. The Morgan fingerprint density at radius 3 is 2.47 bits per heavy atom. The summed E-state index contributed by atoms with van der Waals surface area (Å²) in [4.78, 5) is 14.0. The molecule has 1 aromatic carbocycles. The van der Waals surface area contributed by atoms with Crippen molar-refractivity contribution in [2.24, 2.45) is 0 Å². The highest BCUT2D eigenvalue weighted by molar-refractivity contribution is 9.08. The molecule has 1 amide bonds. The predicted molar refractivity (Wildman–Crippen MR) is 78.3 cm³/mol. The van der Waals surface area contributed by atoms with Gasteiger partial charge in [-0.05, 0) is 30.7 Å². The van der Waals surface area contributed by atoms with Crippen molar-refractivity contribution in [3.05, 3.63) is 59.0 Å². The molecular formula is C15H16BrNO2. The maximum Gasteiger partial charge on any atom is 0.253 e. The van der Waals surface area contributed by atoms with E-state index >= 15 is 0 Å². The fourth-order valence-corrected chi connectivity index (χ4v) is 2.23. The second-order valence-electron chi connectivity index (χ2n) is 4.49. The molecule has 0 aliphatic heterocycles. The maximum absolute atomic E-state index is 12.3. The third-order valence-corrected chi connectivity index (χ3v) is 3.72. The number of nitrogens with zero attached hydrogens (tertiary/aromatic N) is 1. The van der Waals surface area contributed by atoms with Gasteiger partial charge in [0.2, 0.25) is 0 Å². The first-order chi connectivity index (χ1) is 9.11. The third-order valence-electron chi connectivity index (χ3n) is 3.08. The van der Waals surface area contributed by atoms with Crippen LogP contribution in [-0.4, -0.2) is 17.9 Å². The number of rotatable bonds is 4. The molecule has 100 valence electrons.